The first kappa shape index (κ1) is 20.9. The highest BCUT2D eigenvalue weighted by Gasteiger charge is 2.39. The average molecular weight is 454 g/mol. The first-order valence-electron chi connectivity index (χ1n) is 9.67. The molecule has 4 rings (SSSR count). The Morgan fingerprint density at radius 1 is 1.34 bits per heavy atom. The molecule has 0 aliphatic carbocycles. The van der Waals surface area contributed by atoms with Gasteiger partial charge < -0.3 is 10.2 Å². The number of hydrogen-bond acceptors (Lipinski definition) is 5. The summed E-state index contributed by atoms with van der Waals surface area (Å²) in [5.41, 5.74) is 3.36. The van der Waals surface area contributed by atoms with E-state index in [1.54, 1.807) is 11.0 Å². The average Bonchev–Trinajstić information content (AvgIpc) is 3.31. The molecule has 0 spiro atoms. The van der Waals surface area contributed by atoms with E-state index in [1.165, 1.54) is 39.6 Å². The molecule has 6 nitrogen and oxygen atoms in total. The van der Waals surface area contributed by atoms with Crippen molar-refractivity contribution in [3.8, 4) is 0 Å². The molecule has 29 heavy (non-hydrogen) atoms. The minimum atomic E-state index is -3.68. The van der Waals surface area contributed by atoms with Gasteiger partial charge >= 0.3 is 0 Å². The van der Waals surface area contributed by atoms with Gasteiger partial charge in [-0.3, -0.25) is 4.79 Å². The van der Waals surface area contributed by atoms with Gasteiger partial charge in [0.25, 0.3) is 0 Å². The molecule has 1 saturated heterocycles. The first-order valence-corrected chi connectivity index (χ1v) is 12.4. The largest absolute Gasteiger partial charge is 0.312 e. The van der Waals surface area contributed by atoms with Gasteiger partial charge in [-0.1, -0.05) is 29.8 Å². The van der Waals surface area contributed by atoms with Crippen molar-refractivity contribution in [2.45, 2.75) is 37.1 Å². The molecule has 1 aromatic carbocycles. The van der Waals surface area contributed by atoms with Crippen molar-refractivity contribution in [2.24, 2.45) is 0 Å². The Morgan fingerprint density at radius 2 is 2.17 bits per heavy atom. The Hall–Kier alpha value is -1.32. The zero-order chi connectivity index (χ0) is 20.6. The minimum absolute atomic E-state index is 0.0199. The normalized spacial score (nSPS) is 25.1. The summed E-state index contributed by atoms with van der Waals surface area (Å²) in [6.45, 7) is 2.29. The molecular formula is C20H24ClN3O3S2. The summed E-state index contributed by atoms with van der Waals surface area (Å²) in [5, 5.41) is 4.56. The van der Waals surface area contributed by atoms with Gasteiger partial charge in [0, 0.05) is 36.5 Å². The highest BCUT2D eigenvalue weighted by molar-refractivity contribution is 8.05. The molecule has 0 aromatic heterocycles. The third-order valence-electron chi connectivity index (χ3n) is 5.65. The number of benzene rings is 1. The number of nitrogens with zero attached hydrogens (tertiary/aromatic N) is 2. The van der Waals surface area contributed by atoms with Crippen LogP contribution in [0.25, 0.3) is 0 Å². The van der Waals surface area contributed by atoms with E-state index >= 15 is 0 Å². The van der Waals surface area contributed by atoms with Crippen LogP contribution >= 0.6 is 23.4 Å². The Labute approximate surface area is 181 Å². The van der Waals surface area contributed by atoms with E-state index in [-0.39, 0.29) is 11.2 Å². The van der Waals surface area contributed by atoms with Crippen molar-refractivity contribution < 1.29 is 13.2 Å². The summed E-state index contributed by atoms with van der Waals surface area (Å²) in [5.74, 6) is -0.168. The lowest BCUT2D eigenvalue weighted by atomic mass is 10.0. The van der Waals surface area contributed by atoms with E-state index in [4.69, 9.17) is 11.6 Å². The SMILES string of the molecule is CN([C@H]1CCN(c2ccc3c(c2)CCNC3)C1=O)S(=O)(=O)/C=C/C1CC=C(Cl)S1. The van der Waals surface area contributed by atoms with Crippen LogP contribution in [0.1, 0.15) is 24.0 Å². The fourth-order valence-electron chi connectivity index (χ4n) is 3.92. The molecule has 0 bridgehead atoms. The summed E-state index contributed by atoms with van der Waals surface area (Å²) in [6.07, 6.45) is 5.66. The second kappa shape index (κ2) is 8.43. The van der Waals surface area contributed by atoms with Gasteiger partial charge in [-0.05, 0) is 49.1 Å². The van der Waals surface area contributed by atoms with Crippen LogP contribution in [0, 0.1) is 0 Å². The Morgan fingerprint density at radius 3 is 2.93 bits per heavy atom. The van der Waals surface area contributed by atoms with Crippen LogP contribution in [0.5, 0.6) is 0 Å². The summed E-state index contributed by atoms with van der Waals surface area (Å²) < 4.78 is 27.4. The lowest BCUT2D eigenvalue weighted by Crippen LogP contribution is -2.42. The Bertz CT molecular complexity index is 977. The van der Waals surface area contributed by atoms with E-state index in [2.05, 4.69) is 17.4 Å². The van der Waals surface area contributed by atoms with Crippen LogP contribution in [0.2, 0.25) is 0 Å². The number of fused-ring (bicyclic) bond motifs is 1. The number of allylic oxidation sites excluding steroid dienone is 1. The summed E-state index contributed by atoms with van der Waals surface area (Å²) in [6, 6.07) is 5.40. The number of likely N-dealkylation sites (N-methyl/N-ethyl adjacent to an activating group) is 1. The molecule has 1 fully saturated rings. The van der Waals surface area contributed by atoms with Crippen molar-refractivity contribution in [2.75, 3.05) is 25.0 Å². The predicted molar refractivity (Wildman–Crippen MR) is 118 cm³/mol. The third-order valence-corrected chi connectivity index (χ3v) is 8.67. The Balaban J connectivity index is 1.46. The van der Waals surface area contributed by atoms with Crippen LogP contribution in [-0.2, 0) is 27.8 Å². The maximum absolute atomic E-state index is 13.0. The molecule has 3 aliphatic rings. The molecule has 156 valence electrons. The van der Waals surface area contributed by atoms with Crippen LogP contribution in [0.15, 0.2) is 40.1 Å². The second-order valence-electron chi connectivity index (χ2n) is 7.46. The van der Waals surface area contributed by atoms with Crippen LogP contribution in [-0.4, -0.2) is 50.1 Å². The van der Waals surface area contributed by atoms with E-state index in [1.807, 2.05) is 12.1 Å². The highest BCUT2D eigenvalue weighted by Crippen LogP contribution is 2.35. The summed E-state index contributed by atoms with van der Waals surface area (Å²) >= 11 is 7.37. The number of anilines is 1. The van der Waals surface area contributed by atoms with Crippen molar-refractivity contribution in [3.63, 3.8) is 0 Å². The van der Waals surface area contributed by atoms with Crippen LogP contribution in [0.4, 0.5) is 5.69 Å². The van der Waals surface area contributed by atoms with E-state index in [0.29, 0.717) is 23.8 Å². The van der Waals surface area contributed by atoms with Crippen molar-refractivity contribution in [3.05, 3.63) is 51.3 Å². The number of thioether (sulfide) groups is 1. The molecule has 1 aromatic rings. The number of carbonyl (C=O) groups excluding carboxylic acids is 1. The fraction of sp³-hybridized carbons (Fsp3) is 0.450. The molecule has 1 N–H and O–H groups in total. The van der Waals surface area contributed by atoms with Gasteiger partial charge in [0.15, 0.2) is 0 Å². The van der Waals surface area contributed by atoms with Gasteiger partial charge in [-0.15, -0.1) is 11.8 Å². The standard InChI is InChI=1S/C20H24ClN3O3S2/c1-23(29(26,27)11-8-17-4-5-19(21)28-17)18-7-10-24(20(18)25)16-3-2-15-13-22-9-6-14(15)12-16/h2-3,5,8,11-12,17-18,22H,4,6-7,9-10,13H2,1H3/b11-8+/t17?,18-/m0/s1. The molecular weight excluding hydrogens is 430 g/mol. The maximum atomic E-state index is 13.0. The van der Waals surface area contributed by atoms with Crippen molar-refractivity contribution in [1.29, 1.82) is 0 Å². The first-order chi connectivity index (χ1) is 13.8. The zero-order valence-electron chi connectivity index (χ0n) is 16.2. The van der Waals surface area contributed by atoms with Gasteiger partial charge in [-0.25, -0.2) is 8.42 Å². The second-order valence-corrected chi connectivity index (χ2v) is 11.3. The molecule has 0 radical (unpaired) electrons. The number of nitrogens with one attached hydrogen (secondary N) is 1. The molecule has 2 atom stereocenters. The van der Waals surface area contributed by atoms with E-state index in [9.17, 15) is 13.2 Å². The number of hydrogen-bond donors (Lipinski definition) is 1. The fourth-order valence-corrected chi connectivity index (χ4v) is 6.41. The number of rotatable bonds is 5. The zero-order valence-corrected chi connectivity index (χ0v) is 18.6. The van der Waals surface area contributed by atoms with Gasteiger partial charge in [-0.2, -0.15) is 4.31 Å². The monoisotopic (exact) mass is 453 g/mol. The summed E-state index contributed by atoms with van der Waals surface area (Å²) in [4.78, 5) is 14.7. The molecule has 3 heterocycles. The number of sulfonamides is 1. The highest BCUT2D eigenvalue weighted by atomic mass is 35.5. The molecule has 1 amide bonds. The van der Waals surface area contributed by atoms with Crippen LogP contribution < -0.4 is 10.2 Å². The van der Waals surface area contributed by atoms with Gasteiger partial charge in [0.2, 0.25) is 15.9 Å². The number of halogens is 1. The molecule has 9 heteroatoms. The smallest absolute Gasteiger partial charge is 0.245 e. The lowest BCUT2D eigenvalue weighted by molar-refractivity contribution is -0.120. The third kappa shape index (κ3) is 4.41. The van der Waals surface area contributed by atoms with Gasteiger partial charge in [0.05, 0.1) is 4.36 Å². The van der Waals surface area contributed by atoms with Gasteiger partial charge in [0.1, 0.15) is 6.04 Å². The van der Waals surface area contributed by atoms with E-state index in [0.717, 1.165) is 25.2 Å². The minimum Gasteiger partial charge on any atom is -0.312 e. The molecule has 3 aliphatic heterocycles. The van der Waals surface area contributed by atoms with E-state index < -0.39 is 16.1 Å². The molecule has 0 saturated carbocycles. The van der Waals surface area contributed by atoms with Crippen LogP contribution in [0.3, 0.4) is 0 Å². The topological polar surface area (TPSA) is 69.7 Å². The van der Waals surface area contributed by atoms with Crippen molar-refractivity contribution >= 4 is 45.0 Å². The number of amides is 1. The lowest BCUT2D eigenvalue weighted by Gasteiger charge is -2.24. The number of carbonyl (C=O) groups is 1. The molecule has 1 unspecified atom stereocenters. The van der Waals surface area contributed by atoms with Crippen molar-refractivity contribution in [1.82, 2.24) is 9.62 Å². The quantitative estimate of drug-likeness (QED) is 0.742. The Kier molecular flexibility index (Phi) is 6.09. The maximum Gasteiger partial charge on any atom is 0.245 e. The predicted octanol–water partition coefficient (Wildman–Crippen LogP) is 2.80. The summed E-state index contributed by atoms with van der Waals surface area (Å²) in [7, 11) is -2.20.